The normalized spacial score (nSPS) is 17.1. The molecule has 20 heavy (non-hydrogen) atoms. The van der Waals surface area contributed by atoms with Crippen LogP contribution in [0.2, 0.25) is 0 Å². The van der Waals surface area contributed by atoms with Crippen LogP contribution in [0, 0.1) is 5.92 Å². The van der Waals surface area contributed by atoms with Crippen LogP contribution in [0.4, 0.5) is 0 Å². The molecule has 0 saturated heterocycles. The average molecular weight is 357 g/mol. The van der Waals surface area contributed by atoms with Gasteiger partial charge in [-0.1, -0.05) is 59.1 Å². The van der Waals surface area contributed by atoms with Crippen LogP contribution in [0.25, 0.3) is 0 Å². The topological polar surface area (TPSA) is 34.1 Å². The summed E-state index contributed by atoms with van der Waals surface area (Å²) in [4.78, 5) is 0.482. The van der Waals surface area contributed by atoms with Gasteiger partial charge in [0, 0.05) is 5.33 Å². The Labute approximate surface area is 130 Å². The molecular formula is C16H21BrO2S. The van der Waals surface area contributed by atoms with Crippen LogP contribution in [-0.2, 0) is 16.3 Å². The zero-order valence-electron chi connectivity index (χ0n) is 11.6. The molecule has 0 N–H and O–H groups in total. The molecule has 0 unspecified atom stereocenters. The van der Waals surface area contributed by atoms with Crippen LogP contribution >= 0.6 is 15.9 Å². The molecule has 0 aromatic heterocycles. The highest BCUT2D eigenvalue weighted by atomic mass is 79.9. The van der Waals surface area contributed by atoms with E-state index < -0.39 is 9.84 Å². The Morgan fingerprint density at radius 2 is 1.90 bits per heavy atom. The van der Waals surface area contributed by atoms with Crippen molar-refractivity contribution in [1.29, 1.82) is 0 Å². The van der Waals surface area contributed by atoms with E-state index in [0.717, 1.165) is 17.3 Å². The second-order valence-electron chi connectivity index (χ2n) is 5.30. The maximum atomic E-state index is 12.4. The van der Waals surface area contributed by atoms with Gasteiger partial charge in [0.05, 0.1) is 10.6 Å². The highest BCUT2D eigenvalue weighted by Crippen LogP contribution is 2.26. The average Bonchev–Trinajstić information content (AvgIpc) is 2.92. The van der Waals surface area contributed by atoms with Gasteiger partial charge >= 0.3 is 0 Å². The third kappa shape index (κ3) is 4.19. The van der Waals surface area contributed by atoms with Crippen LogP contribution < -0.4 is 0 Å². The first-order valence-electron chi connectivity index (χ1n) is 7.17. The third-order valence-electron chi connectivity index (χ3n) is 3.80. The van der Waals surface area contributed by atoms with Gasteiger partial charge in [-0.3, -0.25) is 0 Å². The summed E-state index contributed by atoms with van der Waals surface area (Å²) in [6.45, 7) is 0. The summed E-state index contributed by atoms with van der Waals surface area (Å²) in [6.07, 6.45) is 9.63. The second-order valence-corrected chi connectivity index (χ2v) is 8.10. The largest absolute Gasteiger partial charge is 0.223 e. The molecule has 1 aromatic carbocycles. The number of hydrogen-bond acceptors (Lipinski definition) is 2. The molecule has 1 fully saturated rings. The van der Waals surface area contributed by atoms with Gasteiger partial charge in [0.2, 0.25) is 0 Å². The Balaban J connectivity index is 2.09. The monoisotopic (exact) mass is 356 g/mol. The van der Waals surface area contributed by atoms with Crippen LogP contribution in [0.5, 0.6) is 0 Å². The quantitative estimate of drug-likeness (QED) is 0.566. The number of hydrogen-bond donors (Lipinski definition) is 0. The van der Waals surface area contributed by atoms with Crippen molar-refractivity contribution in [3.63, 3.8) is 0 Å². The maximum Gasteiger partial charge on any atom is 0.182 e. The van der Waals surface area contributed by atoms with Gasteiger partial charge in [0.1, 0.15) is 0 Å². The van der Waals surface area contributed by atoms with Crippen molar-refractivity contribution >= 4 is 25.8 Å². The Morgan fingerprint density at radius 1 is 1.20 bits per heavy atom. The first-order chi connectivity index (χ1) is 9.63. The second kappa shape index (κ2) is 7.41. The Kier molecular flexibility index (Phi) is 5.85. The van der Waals surface area contributed by atoms with E-state index in [2.05, 4.69) is 22.0 Å². The van der Waals surface area contributed by atoms with E-state index >= 15 is 0 Å². The van der Waals surface area contributed by atoms with E-state index in [0.29, 0.717) is 10.8 Å². The van der Waals surface area contributed by atoms with Crippen LogP contribution in [0.1, 0.15) is 31.2 Å². The lowest BCUT2D eigenvalue weighted by atomic mass is 10.1. The Hall–Kier alpha value is -0.610. The number of halogens is 1. The molecule has 0 atom stereocenters. The number of sulfone groups is 1. The minimum Gasteiger partial charge on any atom is -0.223 e. The Morgan fingerprint density at radius 3 is 2.60 bits per heavy atom. The van der Waals surface area contributed by atoms with E-state index in [1.807, 2.05) is 18.2 Å². The molecule has 0 amide bonds. The fourth-order valence-corrected chi connectivity index (χ4v) is 4.56. The highest BCUT2D eigenvalue weighted by Gasteiger charge is 2.17. The minimum atomic E-state index is -3.21. The molecule has 1 aliphatic rings. The summed E-state index contributed by atoms with van der Waals surface area (Å²) in [5, 5.41) is 0.775. The predicted octanol–water partition coefficient (Wildman–Crippen LogP) is 4.14. The molecule has 110 valence electrons. The van der Waals surface area contributed by atoms with Crippen molar-refractivity contribution in [3.8, 4) is 0 Å². The molecular weight excluding hydrogens is 336 g/mol. The fraction of sp³-hybridized carbons (Fsp3) is 0.500. The first kappa shape index (κ1) is 15.8. The molecule has 1 aromatic rings. The smallest absolute Gasteiger partial charge is 0.182 e. The fourth-order valence-electron chi connectivity index (χ4n) is 2.73. The van der Waals surface area contributed by atoms with Crippen LogP contribution in [-0.4, -0.2) is 19.5 Å². The first-order valence-corrected chi connectivity index (χ1v) is 9.94. The van der Waals surface area contributed by atoms with Crippen molar-refractivity contribution in [3.05, 3.63) is 42.0 Å². The standard InChI is InChI=1S/C16H21BrO2S/c17-12-11-15-9-3-4-10-16(15)20(18,19)13-5-8-14-6-1-2-7-14/h3-5,8-10,14H,1-2,6-7,11-13H2. The van der Waals surface area contributed by atoms with E-state index in [4.69, 9.17) is 0 Å². The number of rotatable bonds is 6. The summed E-state index contributed by atoms with van der Waals surface area (Å²) in [5.41, 5.74) is 0.902. The number of aryl methyl sites for hydroxylation is 1. The lowest BCUT2D eigenvalue weighted by molar-refractivity contribution is 0.597. The van der Waals surface area contributed by atoms with E-state index in [1.165, 1.54) is 25.7 Å². The zero-order valence-corrected chi connectivity index (χ0v) is 14.0. The van der Waals surface area contributed by atoms with Gasteiger partial charge < -0.3 is 0 Å². The summed E-state index contributed by atoms with van der Waals surface area (Å²) < 4.78 is 24.9. The molecule has 0 bridgehead atoms. The third-order valence-corrected chi connectivity index (χ3v) is 5.89. The molecule has 2 rings (SSSR count). The summed E-state index contributed by atoms with van der Waals surface area (Å²) in [6, 6.07) is 7.31. The molecule has 0 radical (unpaired) electrons. The van der Waals surface area contributed by atoms with Crippen molar-refractivity contribution in [2.45, 2.75) is 37.0 Å². The Bertz CT molecular complexity index is 558. The lowest BCUT2D eigenvalue weighted by Crippen LogP contribution is -2.08. The predicted molar refractivity (Wildman–Crippen MR) is 87.1 cm³/mol. The van der Waals surface area contributed by atoms with Gasteiger partial charge in [-0.15, -0.1) is 0 Å². The SMILES string of the molecule is O=S(=O)(CC=CC1CCCC1)c1ccccc1CCBr. The van der Waals surface area contributed by atoms with Crippen molar-refractivity contribution in [2.24, 2.45) is 5.92 Å². The van der Waals surface area contributed by atoms with Crippen molar-refractivity contribution < 1.29 is 8.42 Å². The van der Waals surface area contributed by atoms with Gasteiger partial charge in [-0.2, -0.15) is 0 Å². The number of alkyl halides is 1. The minimum absolute atomic E-state index is 0.114. The van der Waals surface area contributed by atoms with E-state index in [-0.39, 0.29) is 5.75 Å². The summed E-state index contributed by atoms with van der Waals surface area (Å²) in [5.74, 6) is 0.700. The van der Waals surface area contributed by atoms with Gasteiger partial charge in [-0.05, 0) is 36.8 Å². The molecule has 0 aliphatic heterocycles. The summed E-state index contributed by atoms with van der Waals surface area (Å²) in [7, 11) is -3.21. The van der Waals surface area contributed by atoms with Gasteiger partial charge in [0.15, 0.2) is 9.84 Å². The molecule has 4 heteroatoms. The van der Waals surface area contributed by atoms with Gasteiger partial charge in [0.25, 0.3) is 0 Å². The maximum absolute atomic E-state index is 12.4. The molecule has 2 nitrogen and oxygen atoms in total. The number of allylic oxidation sites excluding steroid dienone is 1. The molecule has 0 heterocycles. The zero-order chi connectivity index (χ0) is 14.4. The van der Waals surface area contributed by atoms with Gasteiger partial charge in [-0.25, -0.2) is 8.42 Å². The van der Waals surface area contributed by atoms with E-state index in [9.17, 15) is 8.42 Å². The lowest BCUT2D eigenvalue weighted by Gasteiger charge is -2.08. The summed E-state index contributed by atoms with van der Waals surface area (Å²) >= 11 is 3.38. The molecule has 1 aliphatic carbocycles. The van der Waals surface area contributed by atoms with Crippen LogP contribution in [0.15, 0.2) is 41.3 Å². The van der Waals surface area contributed by atoms with E-state index in [1.54, 1.807) is 12.1 Å². The molecule has 0 spiro atoms. The van der Waals surface area contributed by atoms with Crippen molar-refractivity contribution in [2.75, 3.05) is 11.1 Å². The molecule has 1 saturated carbocycles. The van der Waals surface area contributed by atoms with Crippen molar-refractivity contribution in [1.82, 2.24) is 0 Å². The van der Waals surface area contributed by atoms with Crippen LogP contribution in [0.3, 0.4) is 0 Å². The number of benzene rings is 1. The highest BCUT2D eigenvalue weighted by molar-refractivity contribution is 9.09.